The number of halogens is 3. The Bertz CT molecular complexity index is 678. The molecular weight excluding hydrogens is 341 g/mol. The summed E-state index contributed by atoms with van der Waals surface area (Å²) in [5, 5.41) is 3.25. The number of urea groups is 1. The maximum absolute atomic E-state index is 13.6. The highest BCUT2D eigenvalue weighted by Crippen LogP contribution is 2.34. The Morgan fingerprint density at radius 1 is 1.40 bits per heavy atom. The minimum absolute atomic E-state index is 0.219. The highest BCUT2D eigenvalue weighted by atomic mass is 19.4. The summed E-state index contributed by atoms with van der Waals surface area (Å²) in [7, 11) is 0. The van der Waals surface area contributed by atoms with Crippen LogP contribution in [0.15, 0.2) is 24.5 Å². The predicted octanol–water partition coefficient (Wildman–Crippen LogP) is 1.55. The smallest absolute Gasteiger partial charge is 0.318 e. The maximum atomic E-state index is 13.6. The first kappa shape index (κ1) is 18.7. The molecule has 2 heterocycles. The Hall–Kier alpha value is -2.65. The molecule has 0 aliphatic carbocycles. The van der Waals surface area contributed by atoms with E-state index < -0.39 is 36.2 Å². The zero-order valence-electron chi connectivity index (χ0n) is 13.6. The monoisotopic (exact) mass is 358 g/mol. The molecule has 1 aliphatic heterocycles. The molecule has 1 fully saturated rings. The van der Waals surface area contributed by atoms with Crippen molar-refractivity contribution >= 4 is 17.8 Å². The van der Waals surface area contributed by atoms with Gasteiger partial charge in [0.1, 0.15) is 0 Å². The van der Waals surface area contributed by atoms with Gasteiger partial charge in [0.05, 0.1) is 6.54 Å². The number of nitrogens with zero attached hydrogens (tertiary/aromatic N) is 2. The third-order valence-electron chi connectivity index (χ3n) is 3.51. The molecule has 2 N–H and O–H groups in total. The molecule has 0 unspecified atom stereocenters. The van der Waals surface area contributed by atoms with E-state index in [-0.39, 0.29) is 12.3 Å². The largest absolute Gasteiger partial charge is 0.440 e. The first-order chi connectivity index (χ1) is 11.6. The number of rotatable bonds is 5. The highest BCUT2D eigenvalue weighted by molar-refractivity contribution is 6.08. The van der Waals surface area contributed by atoms with Crippen LogP contribution in [0.5, 0.6) is 0 Å². The van der Waals surface area contributed by atoms with E-state index in [0.717, 1.165) is 0 Å². The molecule has 1 saturated heterocycles. The van der Waals surface area contributed by atoms with E-state index in [0.29, 0.717) is 10.5 Å². The van der Waals surface area contributed by atoms with E-state index in [4.69, 9.17) is 0 Å². The van der Waals surface area contributed by atoms with Crippen molar-refractivity contribution in [3.63, 3.8) is 0 Å². The van der Waals surface area contributed by atoms with Crippen molar-refractivity contribution in [1.82, 2.24) is 20.5 Å². The van der Waals surface area contributed by atoms with Crippen molar-refractivity contribution in [1.29, 1.82) is 0 Å². The second-order valence-corrected chi connectivity index (χ2v) is 6.08. The van der Waals surface area contributed by atoms with Gasteiger partial charge in [-0.05, 0) is 17.5 Å². The average Bonchev–Trinajstić information content (AvgIpc) is 2.72. The van der Waals surface area contributed by atoms with Gasteiger partial charge in [-0.15, -0.1) is 0 Å². The average molecular weight is 358 g/mol. The molecule has 4 amide bonds. The molecule has 1 aromatic heterocycles. The minimum Gasteiger partial charge on any atom is -0.318 e. The number of alkyl halides is 3. The van der Waals surface area contributed by atoms with Gasteiger partial charge in [0, 0.05) is 18.8 Å². The van der Waals surface area contributed by atoms with Crippen molar-refractivity contribution in [2.24, 2.45) is 5.92 Å². The van der Waals surface area contributed by atoms with E-state index in [2.05, 4.69) is 4.98 Å². The quantitative estimate of drug-likeness (QED) is 0.782. The second-order valence-electron chi connectivity index (χ2n) is 6.08. The van der Waals surface area contributed by atoms with E-state index >= 15 is 0 Å². The number of aromatic nitrogens is 1. The molecule has 7 nitrogen and oxygen atoms in total. The number of pyridine rings is 1. The summed E-state index contributed by atoms with van der Waals surface area (Å²) in [4.78, 5) is 40.4. The van der Waals surface area contributed by atoms with Crippen LogP contribution in [-0.2, 0) is 16.1 Å². The van der Waals surface area contributed by atoms with E-state index in [1.54, 1.807) is 24.5 Å². The Kier molecular flexibility index (Phi) is 5.00. The van der Waals surface area contributed by atoms with Gasteiger partial charge in [-0.2, -0.15) is 13.2 Å². The van der Waals surface area contributed by atoms with Crippen LogP contribution in [0.25, 0.3) is 0 Å². The number of nitrogens with one attached hydrogen (secondary N) is 2. The number of carbonyl (C=O) groups excluding carboxylic acids is 3. The fourth-order valence-corrected chi connectivity index (χ4v) is 2.37. The lowest BCUT2D eigenvalue weighted by Gasteiger charge is -2.30. The van der Waals surface area contributed by atoms with Gasteiger partial charge >= 0.3 is 12.2 Å². The molecule has 1 atom stereocenters. The molecule has 1 aliphatic rings. The summed E-state index contributed by atoms with van der Waals surface area (Å²) >= 11 is 0. The van der Waals surface area contributed by atoms with Crippen LogP contribution in [0.1, 0.15) is 25.8 Å². The number of imide groups is 1. The molecular formula is C15H17F3N4O3. The molecule has 136 valence electrons. The summed E-state index contributed by atoms with van der Waals surface area (Å²) in [5.74, 6) is -2.78. The SMILES string of the molecule is CC(C)CC(=O)N[C@]1(C(F)(F)F)NC(=O)N(Cc2cccnc2)C1=O. The summed E-state index contributed by atoms with van der Waals surface area (Å²) in [5.41, 5.74) is -3.09. The summed E-state index contributed by atoms with van der Waals surface area (Å²) in [6, 6.07) is 1.80. The Morgan fingerprint density at radius 2 is 2.08 bits per heavy atom. The molecule has 0 aromatic carbocycles. The minimum atomic E-state index is -5.20. The summed E-state index contributed by atoms with van der Waals surface area (Å²) < 4.78 is 40.7. The number of hydrogen-bond donors (Lipinski definition) is 2. The first-order valence-corrected chi connectivity index (χ1v) is 7.47. The van der Waals surface area contributed by atoms with Crippen molar-refractivity contribution in [3.8, 4) is 0 Å². The molecule has 0 bridgehead atoms. The van der Waals surface area contributed by atoms with Gasteiger partial charge in [0.2, 0.25) is 5.91 Å². The fraction of sp³-hybridized carbons (Fsp3) is 0.467. The molecule has 2 rings (SSSR count). The molecule has 0 saturated carbocycles. The first-order valence-electron chi connectivity index (χ1n) is 7.47. The number of amides is 4. The van der Waals surface area contributed by atoms with Gasteiger partial charge in [0.25, 0.3) is 11.6 Å². The zero-order valence-corrected chi connectivity index (χ0v) is 13.6. The van der Waals surface area contributed by atoms with Crippen LogP contribution in [0.3, 0.4) is 0 Å². The molecule has 25 heavy (non-hydrogen) atoms. The zero-order chi connectivity index (χ0) is 18.8. The van der Waals surface area contributed by atoms with E-state index in [1.807, 2.05) is 0 Å². The van der Waals surface area contributed by atoms with Crippen LogP contribution in [0.4, 0.5) is 18.0 Å². The molecule has 0 spiro atoms. The Balaban J connectivity index is 2.30. The van der Waals surface area contributed by atoms with Crippen molar-refractivity contribution in [2.45, 2.75) is 38.7 Å². The Morgan fingerprint density at radius 3 is 2.60 bits per heavy atom. The van der Waals surface area contributed by atoms with Crippen LogP contribution >= 0.6 is 0 Å². The van der Waals surface area contributed by atoms with E-state index in [1.165, 1.54) is 24.5 Å². The fourth-order valence-electron chi connectivity index (χ4n) is 2.37. The predicted molar refractivity (Wildman–Crippen MR) is 79.7 cm³/mol. The van der Waals surface area contributed by atoms with Gasteiger partial charge < -0.3 is 5.32 Å². The number of carbonyl (C=O) groups is 3. The van der Waals surface area contributed by atoms with Crippen LogP contribution in [0.2, 0.25) is 0 Å². The third-order valence-corrected chi connectivity index (χ3v) is 3.51. The van der Waals surface area contributed by atoms with Crippen molar-refractivity contribution in [3.05, 3.63) is 30.1 Å². The highest BCUT2D eigenvalue weighted by Gasteiger charge is 2.68. The van der Waals surface area contributed by atoms with Crippen LogP contribution in [0, 0.1) is 5.92 Å². The van der Waals surface area contributed by atoms with Gasteiger partial charge in [0.15, 0.2) is 0 Å². The van der Waals surface area contributed by atoms with Crippen LogP contribution in [-0.4, -0.2) is 39.6 Å². The van der Waals surface area contributed by atoms with Crippen molar-refractivity contribution in [2.75, 3.05) is 0 Å². The Labute approximate surface area is 141 Å². The lowest BCUT2D eigenvalue weighted by Crippen LogP contribution is -2.69. The summed E-state index contributed by atoms with van der Waals surface area (Å²) in [6.07, 6.45) is -2.65. The molecule has 10 heteroatoms. The van der Waals surface area contributed by atoms with E-state index in [9.17, 15) is 27.6 Å². The normalized spacial score (nSPS) is 20.8. The standard InChI is InChI=1S/C15H17F3N4O3/c1-9(2)6-11(23)20-14(15(16,17)18)12(24)22(13(25)21-14)8-10-4-3-5-19-7-10/h3-5,7,9H,6,8H2,1-2H3,(H,20,23)(H,21,25)/t14-/m0/s1. The maximum Gasteiger partial charge on any atom is 0.440 e. The van der Waals surface area contributed by atoms with Gasteiger partial charge in [-0.25, -0.2) is 4.79 Å². The lowest BCUT2D eigenvalue weighted by atomic mass is 10.1. The second kappa shape index (κ2) is 6.69. The van der Waals surface area contributed by atoms with Crippen LogP contribution < -0.4 is 10.6 Å². The molecule has 1 aromatic rings. The molecule has 0 radical (unpaired) electrons. The third kappa shape index (κ3) is 3.72. The topological polar surface area (TPSA) is 91.4 Å². The lowest BCUT2D eigenvalue weighted by molar-refractivity contribution is -0.204. The van der Waals surface area contributed by atoms with Gasteiger partial charge in [-0.3, -0.25) is 24.8 Å². The van der Waals surface area contributed by atoms with Gasteiger partial charge in [-0.1, -0.05) is 19.9 Å². The van der Waals surface area contributed by atoms with Crippen molar-refractivity contribution < 1.29 is 27.6 Å². The summed E-state index contributed by atoms with van der Waals surface area (Å²) in [6.45, 7) is 2.89. The number of hydrogen-bond acceptors (Lipinski definition) is 4.